The molecule has 3 N–H and O–H groups in total. The minimum atomic E-state index is -0.552. The van der Waals surface area contributed by atoms with Gasteiger partial charge in [-0.05, 0) is 30.5 Å². The summed E-state index contributed by atoms with van der Waals surface area (Å²) in [5.41, 5.74) is 7.58. The number of benzene rings is 1. The van der Waals surface area contributed by atoms with Crippen LogP contribution in [0, 0.1) is 0 Å². The third-order valence-corrected chi connectivity index (χ3v) is 3.55. The predicted octanol–water partition coefficient (Wildman–Crippen LogP) is 1.33. The summed E-state index contributed by atoms with van der Waals surface area (Å²) in [4.78, 5) is 25.1. The van der Waals surface area contributed by atoms with Crippen molar-refractivity contribution in [2.24, 2.45) is 5.73 Å². The van der Waals surface area contributed by atoms with Crippen LogP contribution in [0.2, 0.25) is 0 Å². The van der Waals surface area contributed by atoms with Gasteiger partial charge in [0.1, 0.15) is 0 Å². The Hall–Kier alpha value is -2.14. The smallest absolute Gasteiger partial charge is 0.237 e. The lowest BCUT2D eigenvalue weighted by Crippen LogP contribution is -2.39. The van der Waals surface area contributed by atoms with E-state index in [1.54, 1.807) is 11.0 Å². The zero-order chi connectivity index (χ0) is 15.2. The number of nitrogens with one attached hydrogen (secondary N) is 1. The third kappa shape index (κ3) is 3.92. The molecule has 1 aliphatic rings. The molecule has 1 atom stereocenters. The highest BCUT2D eigenvalue weighted by Gasteiger charge is 2.21. The first kappa shape index (κ1) is 15.3. The fraction of sp³-hybridized carbons (Fsp3) is 0.375. The van der Waals surface area contributed by atoms with Crippen molar-refractivity contribution in [3.63, 3.8) is 0 Å². The molecule has 0 aliphatic carbocycles. The maximum Gasteiger partial charge on any atom is 0.237 e. The predicted molar refractivity (Wildman–Crippen MR) is 82.7 cm³/mol. The molecule has 1 aromatic rings. The van der Waals surface area contributed by atoms with Gasteiger partial charge in [0.2, 0.25) is 11.8 Å². The van der Waals surface area contributed by atoms with Crippen molar-refractivity contribution in [3.8, 4) is 0 Å². The molecule has 5 heteroatoms. The van der Waals surface area contributed by atoms with E-state index in [0.29, 0.717) is 19.4 Å². The van der Waals surface area contributed by atoms with Crippen molar-refractivity contribution in [2.45, 2.75) is 31.8 Å². The van der Waals surface area contributed by atoms with Crippen molar-refractivity contribution < 1.29 is 9.59 Å². The Kier molecular flexibility index (Phi) is 5.11. The van der Waals surface area contributed by atoms with Crippen molar-refractivity contribution in [1.82, 2.24) is 5.32 Å². The fourth-order valence-electron chi connectivity index (χ4n) is 2.32. The van der Waals surface area contributed by atoms with Crippen LogP contribution in [0.1, 0.15) is 24.8 Å². The summed E-state index contributed by atoms with van der Waals surface area (Å²) < 4.78 is 0. The van der Waals surface area contributed by atoms with E-state index >= 15 is 0 Å². The molecule has 0 bridgehead atoms. The van der Waals surface area contributed by atoms with Gasteiger partial charge in [0.05, 0.1) is 6.04 Å². The maximum atomic E-state index is 11.7. The third-order valence-electron chi connectivity index (χ3n) is 3.55. The summed E-state index contributed by atoms with van der Waals surface area (Å²) in [6.45, 7) is 4.77. The zero-order valence-electron chi connectivity index (χ0n) is 12.0. The highest BCUT2D eigenvalue weighted by Crippen LogP contribution is 2.21. The summed E-state index contributed by atoms with van der Waals surface area (Å²) in [7, 11) is 0. The summed E-state index contributed by atoms with van der Waals surface area (Å²) in [5, 5.41) is 2.79. The number of hydrogen-bond donors (Lipinski definition) is 2. The van der Waals surface area contributed by atoms with E-state index in [9.17, 15) is 9.59 Å². The van der Waals surface area contributed by atoms with Gasteiger partial charge in [0.25, 0.3) is 0 Å². The molecule has 1 aromatic carbocycles. The number of hydrogen-bond acceptors (Lipinski definition) is 3. The van der Waals surface area contributed by atoms with Crippen molar-refractivity contribution in [1.29, 1.82) is 0 Å². The highest BCUT2D eigenvalue weighted by atomic mass is 16.2. The molecule has 5 nitrogen and oxygen atoms in total. The standard InChI is InChI=1S/C16H21N3O2/c1-2-4-14(17)16(21)18-11-12-6-8-13(9-7-12)19-10-3-5-15(19)20/h2,6-9,14H,1,3-5,10-11,17H2,(H,18,21). The molecule has 1 fully saturated rings. The summed E-state index contributed by atoms with van der Waals surface area (Å²) in [6.07, 6.45) is 3.63. The number of nitrogens with two attached hydrogens (primary N) is 1. The Morgan fingerprint density at radius 2 is 2.14 bits per heavy atom. The van der Waals surface area contributed by atoms with E-state index in [1.807, 2.05) is 24.3 Å². The lowest BCUT2D eigenvalue weighted by Gasteiger charge is -2.16. The molecule has 21 heavy (non-hydrogen) atoms. The molecule has 1 saturated heterocycles. The quantitative estimate of drug-likeness (QED) is 0.775. The van der Waals surface area contributed by atoms with Crippen LogP contribution in [0.3, 0.4) is 0 Å². The Labute approximate surface area is 124 Å². The number of carbonyl (C=O) groups is 2. The molecular weight excluding hydrogens is 266 g/mol. The molecule has 1 heterocycles. The van der Waals surface area contributed by atoms with Gasteiger partial charge >= 0.3 is 0 Å². The van der Waals surface area contributed by atoms with E-state index in [1.165, 1.54) is 0 Å². The van der Waals surface area contributed by atoms with E-state index in [4.69, 9.17) is 5.73 Å². The second-order valence-corrected chi connectivity index (χ2v) is 5.16. The van der Waals surface area contributed by atoms with E-state index < -0.39 is 6.04 Å². The molecule has 1 unspecified atom stereocenters. The molecule has 0 spiro atoms. The minimum absolute atomic E-state index is 0.173. The zero-order valence-corrected chi connectivity index (χ0v) is 12.0. The van der Waals surface area contributed by atoms with Gasteiger partial charge in [-0.3, -0.25) is 9.59 Å². The molecule has 2 amide bonds. The molecular formula is C16H21N3O2. The van der Waals surface area contributed by atoms with Crippen LogP contribution in [0.5, 0.6) is 0 Å². The molecule has 0 radical (unpaired) electrons. The lowest BCUT2D eigenvalue weighted by atomic mass is 10.1. The van der Waals surface area contributed by atoms with Crippen LogP contribution in [-0.4, -0.2) is 24.4 Å². The van der Waals surface area contributed by atoms with Crippen molar-refractivity contribution in [3.05, 3.63) is 42.5 Å². The first-order chi connectivity index (χ1) is 10.1. The SMILES string of the molecule is C=CCC(N)C(=O)NCc1ccc(N2CCCC2=O)cc1. The van der Waals surface area contributed by atoms with Gasteiger partial charge in [0, 0.05) is 25.2 Å². The first-order valence-electron chi connectivity index (χ1n) is 7.15. The summed E-state index contributed by atoms with van der Waals surface area (Å²) in [6, 6.07) is 7.10. The maximum absolute atomic E-state index is 11.7. The van der Waals surface area contributed by atoms with Gasteiger partial charge < -0.3 is 16.0 Å². The number of rotatable bonds is 6. The van der Waals surface area contributed by atoms with E-state index in [2.05, 4.69) is 11.9 Å². The molecule has 0 saturated carbocycles. The Balaban J connectivity index is 1.89. The Morgan fingerprint density at radius 3 is 2.71 bits per heavy atom. The summed E-state index contributed by atoms with van der Waals surface area (Å²) >= 11 is 0. The number of nitrogens with zero attached hydrogens (tertiary/aromatic N) is 1. The monoisotopic (exact) mass is 287 g/mol. The lowest BCUT2D eigenvalue weighted by molar-refractivity contribution is -0.122. The van der Waals surface area contributed by atoms with Gasteiger partial charge in [0.15, 0.2) is 0 Å². The van der Waals surface area contributed by atoms with Crippen LogP contribution in [0.4, 0.5) is 5.69 Å². The average molecular weight is 287 g/mol. The van der Waals surface area contributed by atoms with Crippen molar-refractivity contribution >= 4 is 17.5 Å². The second kappa shape index (κ2) is 7.04. The highest BCUT2D eigenvalue weighted by molar-refractivity contribution is 5.95. The molecule has 112 valence electrons. The van der Waals surface area contributed by atoms with Crippen molar-refractivity contribution in [2.75, 3.05) is 11.4 Å². The fourth-order valence-corrected chi connectivity index (χ4v) is 2.32. The van der Waals surface area contributed by atoms with E-state index in [0.717, 1.165) is 24.2 Å². The minimum Gasteiger partial charge on any atom is -0.351 e. The topological polar surface area (TPSA) is 75.4 Å². The Bertz CT molecular complexity index is 525. The number of anilines is 1. The van der Waals surface area contributed by atoms with Gasteiger partial charge in [-0.25, -0.2) is 0 Å². The van der Waals surface area contributed by atoms with Crippen LogP contribution < -0.4 is 16.0 Å². The molecule has 2 rings (SSSR count). The normalized spacial score (nSPS) is 15.9. The van der Waals surface area contributed by atoms with Crippen LogP contribution in [-0.2, 0) is 16.1 Å². The Morgan fingerprint density at radius 1 is 1.43 bits per heavy atom. The second-order valence-electron chi connectivity index (χ2n) is 5.16. The van der Waals surface area contributed by atoms with Gasteiger partial charge in [-0.15, -0.1) is 6.58 Å². The first-order valence-corrected chi connectivity index (χ1v) is 7.15. The number of carbonyl (C=O) groups excluding carboxylic acids is 2. The van der Waals surface area contributed by atoms with Crippen LogP contribution in [0.25, 0.3) is 0 Å². The molecule has 0 aromatic heterocycles. The largest absolute Gasteiger partial charge is 0.351 e. The number of amides is 2. The van der Waals surface area contributed by atoms with Gasteiger partial charge in [-0.1, -0.05) is 18.2 Å². The van der Waals surface area contributed by atoms with Crippen LogP contribution in [0.15, 0.2) is 36.9 Å². The average Bonchev–Trinajstić information content (AvgIpc) is 2.91. The summed E-state index contributed by atoms with van der Waals surface area (Å²) in [5.74, 6) is -0.0138. The van der Waals surface area contributed by atoms with Gasteiger partial charge in [-0.2, -0.15) is 0 Å². The van der Waals surface area contributed by atoms with E-state index in [-0.39, 0.29) is 11.8 Å². The molecule has 1 aliphatic heterocycles. The van der Waals surface area contributed by atoms with Crippen LogP contribution >= 0.6 is 0 Å².